The van der Waals surface area contributed by atoms with Crippen molar-refractivity contribution in [1.82, 2.24) is 0 Å². The molecule has 1 saturated carbocycles. The van der Waals surface area contributed by atoms with Gasteiger partial charge in [0.15, 0.2) is 0 Å². The zero-order chi connectivity index (χ0) is 12.5. The highest BCUT2D eigenvalue weighted by Gasteiger charge is 2.48. The summed E-state index contributed by atoms with van der Waals surface area (Å²) in [6, 6.07) is 8.58. The standard InChI is InChI=1S/C15H21NO/c1-4-14(16)15(9-13(10-15)17-3)12-7-5-6-11(2)8-12/h5-8,13,16H,4,9-10H2,1-3H3. The van der Waals surface area contributed by atoms with E-state index >= 15 is 0 Å². The normalized spacial score (nSPS) is 27.6. The molecule has 1 fully saturated rings. The molecule has 0 atom stereocenters. The van der Waals surface area contributed by atoms with E-state index in [9.17, 15) is 0 Å². The van der Waals surface area contributed by atoms with Crippen molar-refractivity contribution < 1.29 is 4.74 Å². The SMILES string of the molecule is CCC(=N)C1(c2cccc(C)c2)CC(OC)C1. The summed E-state index contributed by atoms with van der Waals surface area (Å²) in [6.07, 6.45) is 3.06. The highest BCUT2D eigenvalue weighted by atomic mass is 16.5. The van der Waals surface area contributed by atoms with E-state index in [1.807, 2.05) is 0 Å². The zero-order valence-corrected chi connectivity index (χ0v) is 10.9. The second-order valence-corrected chi connectivity index (χ2v) is 5.05. The summed E-state index contributed by atoms with van der Waals surface area (Å²) in [5, 5.41) is 8.26. The molecule has 0 bridgehead atoms. The first-order chi connectivity index (χ1) is 8.12. The van der Waals surface area contributed by atoms with Crippen LogP contribution in [0.4, 0.5) is 0 Å². The van der Waals surface area contributed by atoms with Gasteiger partial charge in [-0.2, -0.15) is 0 Å². The lowest BCUT2D eigenvalue weighted by atomic mass is 9.59. The van der Waals surface area contributed by atoms with Gasteiger partial charge in [0.2, 0.25) is 0 Å². The zero-order valence-electron chi connectivity index (χ0n) is 10.9. The average molecular weight is 231 g/mol. The van der Waals surface area contributed by atoms with E-state index < -0.39 is 0 Å². The van der Waals surface area contributed by atoms with E-state index in [-0.39, 0.29) is 5.41 Å². The minimum absolute atomic E-state index is 0.0541. The summed E-state index contributed by atoms with van der Waals surface area (Å²) in [4.78, 5) is 0. The Morgan fingerprint density at radius 1 is 1.47 bits per heavy atom. The van der Waals surface area contributed by atoms with Crippen molar-refractivity contribution >= 4 is 5.71 Å². The second-order valence-electron chi connectivity index (χ2n) is 5.05. The van der Waals surface area contributed by atoms with Crippen LogP contribution in [-0.4, -0.2) is 18.9 Å². The van der Waals surface area contributed by atoms with E-state index in [1.165, 1.54) is 11.1 Å². The molecule has 2 rings (SSSR count). The van der Waals surface area contributed by atoms with Crippen molar-refractivity contribution in [3.63, 3.8) is 0 Å². The maximum absolute atomic E-state index is 8.26. The summed E-state index contributed by atoms with van der Waals surface area (Å²) in [6.45, 7) is 4.18. The number of methoxy groups -OCH3 is 1. The van der Waals surface area contributed by atoms with Gasteiger partial charge in [0, 0.05) is 18.2 Å². The third-order valence-corrected chi connectivity index (χ3v) is 3.99. The minimum atomic E-state index is -0.0541. The molecule has 1 aromatic carbocycles. The fourth-order valence-corrected chi connectivity index (χ4v) is 2.82. The number of nitrogens with one attached hydrogen (secondary N) is 1. The molecular formula is C15H21NO. The first kappa shape index (κ1) is 12.3. The quantitative estimate of drug-likeness (QED) is 0.791. The minimum Gasteiger partial charge on any atom is -0.381 e. The molecule has 92 valence electrons. The first-order valence-electron chi connectivity index (χ1n) is 6.30. The lowest BCUT2D eigenvalue weighted by Gasteiger charge is -2.48. The maximum Gasteiger partial charge on any atom is 0.0595 e. The number of ether oxygens (including phenoxy) is 1. The number of hydrogen-bond donors (Lipinski definition) is 1. The molecule has 0 aliphatic heterocycles. The van der Waals surface area contributed by atoms with Gasteiger partial charge in [-0.15, -0.1) is 0 Å². The summed E-state index contributed by atoms with van der Waals surface area (Å²) in [7, 11) is 1.76. The Morgan fingerprint density at radius 3 is 2.71 bits per heavy atom. The predicted octanol–water partition coefficient (Wildman–Crippen LogP) is 3.47. The molecule has 1 N–H and O–H groups in total. The van der Waals surface area contributed by atoms with Crippen molar-refractivity contribution in [2.75, 3.05) is 7.11 Å². The molecule has 0 amide bonds. The van der Waals surface area contributed by atoms with Crippen LogP contribution in [0.3, 0.4) is 0 Å². The number of aryl methyl sites for hydroxylation is 1. The Balaban J connectivity index is 2.33. The van der Waals surface area contributed by atoms with Crippen LogP contribution < -0.4 is 0 Å². The topological polar surface area (TPSA) is 33.1 Å². The molecule has 0 heterocycles. The molecule has 1 aromatic rings. The van der Waals surface area contributed by atoms with Crippen LogP contribution in [0.1, 0.15) is 37.3 Å². The summed E-state index contributed by atoms with van der Waals surface area (Å²) < 4.78 is 5.39. The molecule has 2 heteroatoms. The van der Waals surface area contributed by atoms with Gasteiger partial charge in [-0.25, -0.2) is 0 Å². The molecule has 0 unspecified atom stereocenters. The van der Waals surface area contributed by atoms with Crippen molar-refractivity contribution in [3.8, 4) is 0 Å². The van der Waals surface area contributed by atoms with E-state index in [2.05, 4.69) is 38.1 Å². The van der Waals surface area contributed by atoms with Crippen LogP contribution in [0.2, 0.25) is 0 Å². The van der Waals surface area contributed by atoms with E-state index in [0.29, 0.717) is 6.10 Å². The highest BCUT2D eigenvalue weighted by molar-refractivity contribution is 5.93. The van der Waals surface area contributed by atoms with Gasteiger partial charge in [0.05, 0.1) is 6.10 Å². The summed E-state index contributed by atoms with van der Waals surface area (Å²) >= 11 is 0. The maximum atomic E-state index is 8.26. The van der Waals surface area contributed by atoms with Gasteiger partial charge in [0.1, 0.15) is 0 Å². The van der Waals surface area contributed by atoms with Crippen LogP contribution in [0.5, 0.6) is 0 Å². The number of benzene rings is 1. The lowest BCUT2D eigenvalue weighted by molar-refractivity contribution is 0.00586. The Bertz CT molecular complexity index is 419. The summed E-state index contributed by atoms with van der Waals surface area (Å²) in [5.41, 5.74) is 3.35. The van der Waals surface area contributed by atoms with Crippen LogP contribution in [-0.2, 0) is 10.2 Å². The van der Waals surface area contributed by atoms with Crippen LogP contribution in [0, 0.1) is 12.3 Å². The van der Waals surface area contributed by atoms with Crippen LogP contribution in [0.25, 0.3) is 0 Å². The van der Waals surface area contributed by atoms with Gasteiger partial charge in [-0.1, -0.05) is 36.8 Å². The molecule has 1 aliphatic rings. The van der Waals surface area contributed by atoms with Gasteiger partial charge >= 0.3 is 0 Å². The fraction of sp³-hybridized carbons (Fsp3) is 0.533. The Hall–Kier alpha value is -1.15. The first-order valence-corrected chi connectivity index (χ1v) is 6.30. The van der Waals surface area contributed by atoms with Crippen molar-refractivity contribution in [2.45, 2.75) is 44.6 Å². The van der Waals surface area contributed by atoms with Crippen molar-refractivity contribution in [1.29, 1.82) is 5.41 Å². The molecule has 2 nitrogen and oxygen atoms in total. The third-order valence-electron chi connectivity index (χ3n) is 3.99. The largest absolute Gasteiger partial charge is 0.381 e. The second kappa shape index (κ2) is 4.61. The Morgan fingerprint density at radius 2 is 2.18 bits per heavy atom. The molecule has 17 heavy (non-hydrogen) atoms. The fourth-order valence-electron chi connectivity index (χ4n) is 2.82. The van der Waals surface area contributed by atoms with Crippen LogP contribution >= 0.6 is 0 Å². The molecule has 0 radical (unpaired) electrons. The Kier molecular flexibility index (Phi) is 3.34. The molecule has 1 aliphatic carbocycles. The predicted molar refractivity (Wildman–Crippen MR) is 70.9 cm³/mol. The van der Waals surface area contributed by atoms with E-state index in [4.69, 9.17) is 10.1 Å². The van der Waals surface area contributed by atoms with Crippen molar-refractivity contribution in [2.24, 2.45) is 0 Å². The van der Waals surface area contributed by atoms with Crippen molar-refractivity contribution in [3.05, 3.63) is 35.4 Å². The van der Waals surface area contributed by atoms with E-state index in [1.54, 1.807) is 7.11 Å². The lowest BCUT2D eigenvalue weighted by Crippen LogP contribution is -2.50. The molecule has 0 aromatic heterocycles. The van der Waals surface area contributed by atoms with Crippen LogP contribution in [0.15, 0.2) is 24.3 Å². The molecular weight excluding hydrogens is 210 g/mol. The smallest absolute Gasteiger partial charge is 0.0595 e. The number of hydrogen-bond acceptors (Lipinski definition) is 2. The Labute approximate surface area is 104 Å². The summed E-state index contributed by atoms with van der Waals surface area (Å²) in [5.74, 6) is 0. The third kappa shape index (κ3) is 2.02. The van der Waals surface area contributed by atoms with Gasteiger partial charge in [-0.05, 0) is 31.7 Å². The molecule has 0 saturated heterocycles. The van der Waals surface area contributed by atoms with E-state index in [0.717, 1.165) is 25.0 Å². The molecule has 0 spiro atoms. The highest BCUT2D eigenvalue weighted by Crippen LogP contribution is 2.46. The average Bonchev–Trinajstić information content (AvgIpc) is 2.28. The van der Waals surface area contributed by atoms with Gasteiger partial charge in [0.25, 0.3) is 0 Å². The van der Waals surface area contributed by atoms with Gasteiger partial charge < -0.3 is 10.1 Å². The number of rotatable bonds is 4. The van der Waals surface area contributed by atoms with Gasteiger partial charge in [-0.3, -0.25) is 0 Å². The monoisotopic (exact) mass is 231 g/mol.